The second kappa shape index (κ2) is 5.19. The molecule has 1 aromatic heterocycles. The standard InChI is InChI=1S/C16H17ClN4O3/c1-20-12-4-2-3-10(17)13(12)11(19-20)6-21-5-9-14(22)18-7-16(9,8-21)15(23)24/h2-4,9H,5-8H2,1H3,(H,18,22)(H,23,24)/t9-,16+/m0/s1. The second-order valence-corrected chi connectivity index (χ2v) is 7.01. The van der Waals surface area contributed by atoms with Gasteiger partial charge < -0.3 is 10.4 Å². The van der Waals surface area contributed by atoms with Crippen LogP contribution in [-0.4, -0.2) is 51.3 Å². The van der Waals surface area contributed by atoms with Crippen molar-refractivity contribution in [3.05, 3.63) is 28.9 Å². The van der Waals surface area contributed by atoms with E-state index in [-0.39, 0.29) is 12.5 Å². The van der Waals surface area contributed by atoms with Crippen LogP contribution in [0.1, 0.15) is 5.69 Å². The minimum absolute atomic E-state index is 0.177. The first-order chi connectivity index (χ1) is 11.4. The molecule has 4 rings (SSSR count). The molecule has 2 aliphatic rings. The van der Waals surface area contributed by atoms with E-state index in [1.54, 1.807) is 4.68 Å². The first-order valence-electron chi connectivity index (χ1n) is 7.76. The highest BCUT2D eigenvalue weighted by molar-refractivity contribution is 6.35. The number of likely N-dealkylation sites (tertiary alicyclic amines) is 1. The van der Waals surface area contributed by atoms with Crippen molar-refractivity contribution in [1.82, 2.24) is 20.0 Å². The van der Waals surface area contributed by atoms with Gasteiger partial charge in [0.05, 0.1) is 22.2 Å². The number of nitrogens with one attached hydrogen (secondary N) is 1. The quantitative estimate of drug-likeness (QED) is 0.859. The molecule has 0 aliphatic carbocycles. The van der Waals surface area contributed by atoms with Gasteiger partial charge in [-0.15, -0.1) is 0 Å². The van der Waals surface area contributed by atoms with Crippen LogP contribution in [0.3, 0.4) is 0 Å². The van der Waals surface area contributed by atoms with Crippen molar-refractivity contribution >= 4 is 34.4 Å². The molecule has 1 amide bonds. The third kappa shape index (κ3) is 2.04. The smallest absolute Gasteiger partial charge is 0.313 e. The van der Waals surface area contributed by atoms with Gasteiger partial charge in [-0.3, -0.25) is 19.2 Å². The molecule has 2 fully saturated rings. The summed E-state index contributed by atoms with van der Waals surface area (Å²) in [5.74, 6) is -1.61. The van der Waals surface area contributed by atoms with Gasteiger partial charge >= 0.3 is 5.97 Å². The molecule has 7 nitrogen and oxygen atoms in total. The zero-order valence-corrected chi connectivity index (χ0v) is 13.9. The zero-order chi connectivity index (χ0) is 17.1. The predicted molar refractivity (Wildman–Crippen MR) is 87.6 cm³/mol. The van der Waals surface area contributed by atoms with E-state index in [0.717, 1.165) is 16.6 Å². The van der Waals surface area contributed by atoms with Gasteiger partial charge in [0.15, 0.2) is 0 Å². The number of carbonyl (C=O) groups excluding carboxylic acids is 1. The molecule has 8 heteroatoms. The lowest BCUT2D eigenvalue weighted by Crippen LogP contribution is -2.40. The Morgan fingerprint density at radius 3 is 3.04 bits per heavy atom. The summed E-state index contributed by atoms with van der Waals surface area (Å²) in [5, 5.41) is 18.4. The number of rotatable bonds is 3. The van der Waals surface area contributed by atoms with Crippen LogP contribution >= 0.6 is 11.6 Å². The number of aromatic nitrogens is 2. The molecule has 24 heavy (non-hydrogen) atoms. The molecule has 0 spiro atoms. The normalized spacial score (nSPS) is 26.8. The van der Waals surface area contributed by atoms with Crippen LogP contribution in [0.5, 0.6) is 0 Å². The number of benzene rings is 1. The molecule has 1 aromatic carbocycles. The van der Waals surface area contributed by atoms with Crippen molar-refractivity contribution in [2.24, 2.45) is 18.4 Å². The molecule has 2 N–H and O–H groups in total. The summed E-state index contributed by atoms with van der Waals surface area (Å²) in [7, 11) is 1.85. The van der Waals surface area contributed by atoms with E-state index in [2.05, 4.69) is 10.4 Å². The van der Waals surface area contributed by atoms with Gasteiger partial charge in [0.25, 0.3) is 0 Å². The molecule has 0 bridgehead atoms. The summed E-state index contributed by atoms with van der Waals surface area (Å²) in [6.07, 6.45) is 0. The Balaban J connectivity index is 1.66. The fourth-order valence-electron chi connectivity index (χ4n) is 3.98. The molecule has 2 atom stereocenters. The highest BCUT2D eigenvalue weighted by Crippen LogP contribution is 2.41. The maximum atomic E-state index is 12.0. The van der Waals surface area contributed by atoms with Gasteiger partial charge in [0.1, 0.15) is 5.41 Å². The number of carboxylic acids is 1. The number of hydrogen-bond acceptors (Lipinski definition) is 4. The minimum atomic E-state index is -1.04. The summed E-state index contributed by atoms with van der Waals surface area (Å²) < 4.78 is 1.77. The molecule has 0 unspecified atom stereocenters. The average molecular weight is 349 g/mol. The van der Waals surface area contributed by atoms with Crippen LogP contribution in [0.4, 0.5) is 0 Å². The number of amides is 1. The van der Waals surface area contributed by atoms with Crippen molar-refractivity contribution in [2.45, 2.75) is 6.54 Å². The minimum Gasteiger partial charge on any atom is -0.481 e. The average Bonchev–Trinajstić information content (AvgIpc) is 3.15. The lowest BCUT2D eigenvalue weighted by atomic mass is 9.81. The third-order valence-electron chi connectivity index (χ3n) is 5.21. The fourth-order valence-corrected chi connectivity index (χ4v) is 4.25. The molecular formula is C16H17ClN4O3. The van der Waals surface area contributed by atoms with Crippen molar-refractivity contribution in [2.75, 3.05) is 19.6 Å². The van der Waals surface area contributed by atoms with Crippen LogP contribution in [-0.2, 0) is 23.2 Å². The Bertz CT molecular complexity index is 864. The predicted octanol–water partition coefficient (Wildman–Crippen LogP) is 0.859. The Kier molecular flexibility index (Phi) is 3.33. The topological polar surface area (TPSA) is 87.5 Å². The highest BCUT2D eigenvalue weighted by Gasteiger charge is 2.59. The van der Waals surface area contributed by atoms with Gasteiger partial charge in [-0.1, -0.05) is 17.7 Å². The van der Waals surface area contributed by atoms with Crippen LogP contribution in [0, 0.1) is 11.3 Å². The molecule has 2 aromatic rings. The van der Waals surface area contributed by atoms with E-state index in [4.69, 9.17) is 11.6 Å². The van der Waals surface area contributed by atoms with Crippen LogP contribution in [0.15, 0.2) is 18.2 Å². The SMILES string of the molecule is Cn1nc(CN2C[C@H]3C(=O)NC[C@@]3(C(=O)O)C2)c2c(Cl)cccc21. The van der Waals surface area contributed by atoms with Gasteiger partial charge in [-0.25, -0.2) is 0 Å². The van der Waals surface area contributed by atoms with Crippen molar-refractivity contribution in [1.29, 1.82) is 0 Å². The molecule has 0 saturated carbocycles. The first-order valence-corrected chi connectivity index (χ1v) is 8.14. The molecule has 0 radical (unpaired) electrons. The number of halogens is 1. The Morgan fingerprint density at radius 2 is 2.33 bits per heavy atom. The number of fused-ring (bicyclic) bond motifs is 2. The van der Waals surface area contributed by atoms with E-state index in [9.17, 15) is 14.7 Å². The number of carbonyl (C=O) groups is 2. The summed E-state index contributed by atoms with van der Waals surface area (Å²) in [6.45, 7) is 1.40. The lowest BCUT2D eigenvalue weighted by molar-refractivity contribution is -0.149. The van der Waals surface area contributed by atoms with E-state index in [0.29, 0.717) is 24.7 Å². The van der Waals surface area contributed by atoms with Crippen molar-refractivity contribution < 1.29 is 14.7 Å². The van der Waals surface area contributed by atoms with Gasteiger partial charge in [-0.2, -0.15) is 5.10 Å². The summed E-state index contributed by atoms with van der Waals surface area (Å²) >= 11 is 6.33. The number of carboxylic acid groups (broad SMARTS) is 1. The van der Waals surface area contributed by atoms with Crippen molar-refractivity contribution in [3.63, 3.8) is 0 Å². The van der Waals surface area contributed by atoms with E-state index in [1.165, 1.54) is 0 Å². The van der Waals surface area contributed by atoms with Crippen LogP contribution in [0.25, 0.3) is 10.9 Å². The largest absolute Gasteiger partial charge is 0.481 e. The van der Waals surface area contributed by atoms with Gasteiger partial charge in [0, 0.05) is 38.6 Å². The van der Waals surface area contributed by atoms with Gasteiger partial charge in [-0.05, 0) is 12.1 Å². The highest BCUT2D eigenvalue weighted by atomic mass is 35.5. The molecule has 3 heterocycles. The Morgan fingerprint density at radius 1 is 1.54 bits per heavy atom. The summed E-state index contributed by atoms with van der Waals surface area (Å²) in [5.41, 5.74) is 0.701. The number of hydrogen-bond donors (Lipinski definition) is 2. The Labute approximate surface area is 143 Å². The molecule has 2 aliphatic heterocycles. The van der Waals surface area contributed by atoms with E-state index >= 15 is 0 Å². The monoisotopic (exact) mass is 348 g/mol. The third-order valence-corrected chi connectivity index (χ3v) is 5.52. The van der Waals surface area contributed by atoms with Crippen LogP contribution < -0.4 is 5.32 Å². The maximum Gasteiger partial charge on any atom is 0.313 e. The maximum absolute atomic E-state index is 12.0. The fraction of sp³-hybridized carbons (Fsp3) is 0.438. The Hall–Kier alpha value is -2.12. The van der Waals surface area contributed by atoms with E-state index < -0.39 is 17.3 Å². The van der Waals surface area contributed by atoms with Gasteiger partial charge in [0.2, 0.25) is 5.91 Å². The van der Waals surface area contributed by atoms with Crippen LogP contribution in [0.2, 0.25) is 5.02 Å². The zero-order valence-electron chi connectivity index (χ0n) is 13.1. The second-order valence-electron chi connectivity index (χ2n) is 6.61. The summed E-state index contributed by atoms with van der Waals surface area (Å²) in [6, 6.07) is 5.64. The lowest BCUT2D eigenvalue weighted by Gasteiger charge is -2.21. The van der Waals surface area contributed by atoms with E-state index in [1.807, 2.05) is 30.1 Å². The number of aryl methyl sites for hydroxylation is 1. The molecule has 2 saturated heterocycles. The molecule has 126 valence electrons. The first kappa shape index (κ1) is 15.4. The molecular weight excluding hydrogens is 332 g/mol. The summed E-state index contributed by atoms with van der Waals surface area (Å²) in [4.78, 5) is 25.7. The number of nitrogens with zero attached hydrogens (tertiary/aromatic N) is 3. The van der Waals surface area contributed by atoms with Crippen molar-refractivity contribution in [3.8, 4) is 0 Å². The number of aliphatic carboxylic acids is 1.